The van der Waals surface area contributed by atoms with Crippen LogP contribution >= 0.6 is 24.0 Å². The first-order valence-electron chi connectivity index (χ1n) is 7.62. The Labute approximate surface area is 164 Å². The van der Waals surface area contributed by atoms with Crippen molar-refractivity contribution in [3.63, 3.8) is 0 Å². The molecular weight excluding hydrogens is 453 g/mol. The fraction of sp³-hybridized carbons (Fsp3) is 0.250. The minimum absolute atomic E-state index is 0. The highest BCUT2D eigenvalue weighted by Gasteiger charge is 2.28. The largest absolute Gasteiger partial charge is 0.370 e. The summed E-state index contributed by atoms with van der Waals surface area (Å²) < 4.78 is 25.3. The first-order valence-corrected chi connectivity index (χ1v) is 9.23. The average molecular weight is 473 g/mol. The molecule has 3 rings (SSSR count). The zero-order chi connectivity index (χ0) is 17.0. The molecule has 0 bridgehead atoms. The van der Waals surface area contributed by atoms with E-state index in [2.05, 4.69) is 15.3 Å². The fourth-order valence-electron chi connectivity index (χ4n) is 2.48. The molecule has 7 nitrogen and oxygen atoms in total. The van der Waals surface area contributed by atoms with Gasteiger partial charge in [-0.05, 0) is 36.2 Å². The molecule has 0 saturated carbocycles. The number of hydrogen-bond acceptors (Lipinski definition) is 4. The molecule has 1 aromatic carbocycles. The molecule has 2 heterocycles. The van der Waals surface area contributed by atoms with Crippen LogP contribution in [0.3, 0.4) is 0 Å². The number of anilines is 2. The number of hydrogen-bond donors (Lipinski definition) is 2. The lowest BCUT2D eigenvalue weighted by molar-refractivity contribution is 0.599. The van der Waals surface area contributed by atoms with Crippen LogP contribution in [0.5, 0.6) is 0 Å². The fourth-order valence-corrected chi connectivity index (χ4v) is 4.05. The molecule has 2 aromatic rings. The first-order chi connectivity index (χ1) is 11.5. The highest BCUT2D eigenvalue weighted by atomic mass is 127. The minimum Gasteiger partial charge on any atom is -0.370 e. The lowest BCUT2D eigenvalue weighted by Crippen LogP contribution is -2.25. The second-order valence-electron chi connectivity index (χ2n) is 5.45. The second kappa shape index (κ2) is 8.48. The highest BCUT2D eigenvalue weighted by Crippen LogP contribution is 2.24. The van der Waals surface area contributed by atoms with Gasteiger partial charge in [0.05, 0.1) is 18.0 Å². The van der Waals surface area contributed by atoms with Gasteiger partial charge in [-0.25, -0.2) is 18.4 Å². The normalized spacial score (nSPS) is 16.3. The average Bonchev–Trinajstić information content (AvgIpc) is 2.94. The summed E-state index contributed by atoms with van der Waals surface area (Å²) in [5.41, 5.74) is 7.47. The molecular formula is C16H20IN5O2S. The van der Waals surface area contributed by atoms with Gasteiger partial charge in [0, 0.05) is 12.7 Å². The van der Waals surface area contributed by atoms with Gasteiger partial charge in [-0.1, -0.05) is 18.2 Å². The number of benzene rings is 1. The van der Waals surface area contributed by atoms with Gasteiger partial charge in [-0.15, -0.1) is 24.0 Å². The maximum absolute atomic E-state index is 11.9. The van der Waals surface area contributed by atoms with E-state index in [0.29, 0.717) is 31.0 Å². The van der Waals surface area contributed by atoms with E-state index in [-0.39, 0.29) is 35.7 Å². The van der Waals surface area contributed by atoms with Gasteiger partial charge in [0.15, 0.2) is 5.96 Å². The molecule has 1 aliphatic rings. The van der Waals surface area contributed by atoms with E-state index in [1.54, 1.807) is 24.4 Å². The number of sulfonamides is 1. The Bertz CT molecular complexity index is 825. The van der Waals surface area contributed by atoms with Crippen molar-refractivity contribution in [3.05, 3.63) is 54.2 Å². The lowest BCUT2D eigenvalue weighted by atomic mass is 10.2. The van der Waals surface area contributed by atoms with E-state index in [1.165, 1.54) is 4.31 Å². The molecule has 0 radical (unpaired) electrons. The summed E-state index contributed by atoms with van der Waals surface area (Å²) in [5, 5.41) is 2.91. The van der Waals surface area contributed by atoms with Gasteiger partial charge in [0.1, 0.15) is 5.82 Å². The Balaban J connectivity index is 0.00000225. The Hall–Kier alpha value is -1.88. The maximum atomic E-state index is 11.9. The van der Waals surface area contributed by atoms with Gasteiger partial charge in [-0.2, -0.15) is 0 Å². The summed E-state index contributed by atoms with van der Waals surface area (Å²) in [6.45, 7) is 0.944. The molecule has 1 saturated heterocycles. The molecule has 0 unspecified atom stereocenters. The molecule has 1 aliphatic heterocycles. The molecule has 0 spiro atoms. The van der Waals surface area contributed by atoms with E-state index >= 15 is 0 Å². The topological polar surface area (TPSA) is 101 Å². The summed E-state index contributed by atoms with van der Waals surface area (Å²) in [7, 11) is -3.14. The SMILES string of the molecule is I.NC(=NCc1ccc(N2CCCS2(=O)=O)cc1)Nc1ccccn1. The van der Waals surface area contributed by atoms with Crippen LogP contribution < -0.4 is 15.4 Å². The predicted molar refractivity (Wildman–Crippen MR) is 111 cm³/mol. The molecule has 3 N–H and O–H groups in total. The van der Waals surface area contributed by atoms with Crippen LogP contribution in [0.4, 0.5) is 11.5 Å². The summed E-state index contributed by atoms with van der Waals surface area (Å²) in [5.74, 6) is 1.13. The number of aromatic nitrogens is 1. The number of aliphatic imine (C=N–C) groups is 1. The van der Waals surface area contributed by atoms with Crippen LogP contribution in [-0.2, 0) is 16.6 Å². The molecule has 9 heteroatoms. The molecule has 1 fully saturated rings. The zero-order valence-electron chi connectivity index (χ0n) is 13.5. The molecule has 0 amide bonds. The maximum Gasteiger partial charge on any atom is 0.235 e. The predicted octanol–water partition coefficient (Wildman–Crippen LogP) is 2.17. The number of halogens is 1. The smallest absolute Gasteiger partial charge is 0.235 e. The third-order valence-electron chi connectivity index (χ3n) is 3.68. The van der Waals surface area contributed by atoms with Crippen molar-refractivity contribution in [2.75, 3.05) is 21.9 Å². The molecule has 0 aliphatic carbocycles. The van der Waals surface area contributed by atoms with Crippen molar-refractivity contribution in [3.8, 4) is 0 Å². The molecule has 1 aromatic heterocycles. The Morgan fingerprint density at radius 3 is 2.60 bits per heavy atom. The van der Waals surface area contributed by atoms with E-state index in [4.69, 9.17) is 5.73 Å². The van der Waals surface area contributed by atoms with Crippen LogP contribution in [0, 0.1) is 0 Å². The Morgan fingerprint density at radius 2 is 2.00 bits per heavy atom. The summed E-state index contributed by atoms with van der Waals surface area (Å²) in [6.07, 6.45) is 2.34. The van der Waals surface area contributed by atoms with Gasteiger partial charge in [-0.3, -0.25) is 4.31 Å². The number of nitrogens with two attached hydrogens (primary N) is 1. The van der Waals surface area contributed by atoms with E-state index < -0.39 is 10.0 Å². The van der Waals surface area contributed by atoms with Crippen molar-refractivity contribution >= 4 is 51.5 Å². The van der Waals surface area contributed by atoms with E-state index in [9.17, 15) is 8.42 Å². The number of nitrogens with one attached hydrogen (secondary N) is 1. The van der Waals surface area contributed by atoms with Crippen molar-refractivity contribution < 1.29 is 8.42 Å². The van der Waals surface area contributed by atoms with Gasteiger partial charge >= 0.3 is 0 Å². The standard InChI is InChI=1S/C16H19N5O2S.HI/c17-16(20-15-4-1-2-9-18-15)19-12-13-5-7-14(8-6-13)21-10-3-11-24(21,22)23;/h1-2,4-9H,3,10-12H2,(H3,17,18,19,20);1H. The molecule has 134 valence electrons. The van der Waals surface area contributed by atoms with Crippen molar-refractivity contribution in [1.29, 1.82) is 0 Å². The van der Waals surface area contributed by atoms with Crippen LogP contribution in [0.2, 0.25) is 0 Å². The van der Waals surface area contributed by atoms with Gasteiger partial charge < -0.3 is 11.1 Å². The minimum atomic E-state index is -3.14. The van der Waals surface area contributed by atoms with Gasteiger partial charge in [0.2, 0.25) is 10.0 Å². The van der Waals surface area contributed by atoms with Crippen LogP contribution in [0.15, 0.2) is 53.7 Å². The summed E-state index contributed by atoms with van der Waals surface area (Å²) in [4.78, 5) is 8.37. The third-order valence-corrected chi connectivity index (χ3v) is 5.55. The number of pyridine rings is 1. The highest BCUT2D eigenvalue weighted by molar-refractivity contribution is 14.0. The summed E-state index contributed by atoms with van der Waals surface area (Å²) >= 11 is 0. The van der Waals surface area contributed by atoms with Crippen molar-refractivity contribution in [2.45, 2.75) is 13.0 Å². The van der Waals surface area contributed by atoms with E-state index in [1.807, 2.05) is 24.3 Å². The number of nitrogens with zero attached hydrogens (tertiary/aromatic N) is 3. The van der Waals surface area contributed by atoms with E-state index in [0.717, 1.165) is 5.56 Å². The summed E-state index contributed by atoms with van der Waals surface area (Å²) in [6, 6.07) is 12.8. The molecule has 0 atom stereocenters. The monoisotopic (exact) mass is 473 g/mol. The lowest BCUT2D eigenvalue weighted by Gasteiger charge is -2.16. The van der Waals surface area contributed by atoms with Gasteiger partial charge in [0.25, 0.3) is 0 Å². The number of rotatable bonds is 4. The Kier molecular flexibility index (Phi) is 6.59. The first kappa shape index (κ1) is 19.4. The quantitative estimate of drug-likeness (QED) is 0.403. The zero-order valence-corrected chi connectivity index (χ0v) is 16.6. The van der Waals surface area contributed by atoms with Crippen LogP contribution in [-0.4, -0.2) is 31.7 Å². The van der Waals surface area contributed by atoms with Crippen molar-refractivity contribution in [2.24, 2.45) is 10.7 Å². The second-order valence-corrected chi connectivity index (χ2v) is 7.46. The molecule has 25 heavy (non-hydrogen) atoms. The van der Waals surface area contributed by atoms with Crippen molar-refractivity contribution in [1.82, 2.24) is 4.98 Å². The van der Waals surface area contributed by atoms with Crippen LogP contribution in [0.25, 0.3) is 0 Å². The third kappa shape index (κ3) is 5.05. The Morgan fingerprint density at radius 1 is 1.24 bits per heavy atom. The number of guanidine groups is 1. The van der Waals surface area contributed by atoms with Crippen LogP contribution in [0.1, 0.15) is 12.0 Å².